The van der Waals surface area contributed by atoms with Crippen molar-refractivity contribution in [2.45, 2.75) is 0 Å². The summed E-state index contributed by atoms with van der Waals surface area (Å²) in [5, 5.41) is 0. The molecule has 0 N–H and O–H groups in total. The highest BCUT2D eigenvalue weighted by Crippen LogP contribution is 2.15. The average Bonchev–Trinajstić information content (AvgIpc) is 2.47. The minimum Gasteiger partial charge on any atom is -0.290 e. The second-order valence-corrected chi connectivity index (χ2v) is 4.08. The fourth-order valence-corrected chi connectivity index (χ4v) is 1.68. The molecule has 0 heterocycles. The average molecular weight is 266 g/mol. The van der Waals surface area contributed by atoms with Crippen LogP contribution in [0.4, 0.5) is 0 Å². The second kappa shape index (κ2) is 5.84. The van der Waals surface area contributed by atoms with Gasteiger partial charge in [-0.15, -0.1) is 0 Å². The van der Waals surface area contributed by atoms with Crippen molar-refractivity contribution in [3.05, 3.63) is 71.8 Å². The molecule has 1 aromatic carbocycles. The Labute approximate surface area is 115 Å². The molecule has 98 valence electrons. The Kier molecular flexibility index (Phi) is 3.96. The minimum absolute atomic E-state index is 0.0924. The molecule has 4 heteroatoms. The Morgan fingerprint density at radius 1 is 0.500 bits per heavy atom. The normalized spacial score (nSPS) is 15.8. The lowest BCUT2D eigenvalue weighted by atomic mass is 9.95. The van der Waals surface area contributed by atoms with Gasteiger partial charge in [0.15, 0.2) is 23.1 Å². The molecule has 0 aromatic heterocycles. The van der Waals surface area contributed by atoms with Gasteiger partial charge in [0, 0.05) is 11.1 Å². The van der Waals surface area contributed by atoms with Crippen LogP contribution in [0.5, 0.6) is 0 Å². The van der Waals surface area contributed by atoms with Crippen LogP contribution in [0.2, 0.25) is 0 Å². The van der Waals surface area contributed by atoms with Crippen molar-refractivity contribution in [1.82, 2.24) is 0 Å². The molecule has 2 aliphatic rings. The molecule has 2 aliphatic carbocycles. The SMILES string of the molecule is O=C1C=CC(=O)C=C1.O=C1C=CC(=O)c2ccccc21. The number of hydrogen-bond acceptors (Lipinski definition) is 4. The fraction of sp³-hybridized carbons (Fsp3) is 0. The maximum absolute atomic E-state index is 11.2. The Bertz CT molecular complexity index is 615. The number of allylic oxidation sites excluding steroid dienone is 6. The van der Waals surface area contributed by atoms with Crippen LogP contribution in [0.25, 0.3) is 0 Å². The smallest absolute Gasteiger partial charge is 0.186 e. The minimum atomic E-state index is -0.121. The standard InChI is InChI=1S/C10H6O2.C6H4O2/c11-9-5-6-10(12)8-4-2-1-3-7(8)9;7-5-1-2-6(8)4-3-5/h1-6H;1-4H. The fourth-order valence-electron chi connectivity index (χ4n) is 1.68. The third-order valence-corrected chi connectivity index (χ3v) is 2.67. The van der Waals surface area contributed by atoms with E-state index in [0.717, 1.165) is 0 Å². The zero-order chi connectivity index (χ0) is 14.5. The van der Waals surface area contributed by atoms with Crippen LogP contribution in [0.3, 0.4) is 0 Å². The largest absolute Gasteiger partial charge is 0.290 e. The Hall–Kier alpha value is -2.88. The quantitative estimate of drug-likeness (QED) is 0.672. The molecule has 0 saturated carbocycles. The van der Waals surface area contributed by atoms with E-state index in [-0.39, 0.29) is 23.1 Å². The van der Waals surface area contributed by atoms with Gasteiger partial charge >= 0.3 is 0 Å². The first-order chi connectivity index (χ1) is 9.58. The second-order valence-electron chi connectivity index (χ2n) is 4.08. The molecule has 0 atom stereocenters. The first kappa shape index (κ1) is 13.5. The number of benzene rings is 1. The number of carbonyl (C=O) groups excluding carboxylic acids is 4. The van der Waals surface area contributed by atoms with Gasteiger partial charge in [0.2, 0.25) is 0 Å². The zero-order valence-corrected chi connectivity index (χ0v) is 10.4. The molecule has 4 nitrogen and oxygen atoms in total. The Morgan fingerprint density at radius 2 is 0.850 bits per heavy atom. The Morgan fingerprint density at radius 3 is 1.20 bits per heavy atom. The van der Waals surface area contributed by atoms with E-state index in [1.165, 1.54) is 36.5 Å². The monoisotopic (exact) mass is 266 g/mol. The summed E-state index contributed by atoms with van der Waals surface area (Å²) in [6.45, 7) is 0. The van der Waals surface area contributed by atoms with Gasteiger partial charge in [0.05, 0.1) is 0 Å². The van der Waals surface area contributed by atoms with Crippen molar-refractivity contribution in [3.63, 3.8) is 0 Å². The van der Waals surface area contributed by atoms with Crippen molar-refractivity contribution in [3.8, 4) is 0 Å². The summed E-state index contributed by atoms with van der Waals surface area (Å²) in [6.07, 6.45) is 7.63. The van der Waals surface area contributed by atoms with Crippen LogP contribution >= 0.6 is 0 Å². The highest BCUT2D eigenvalue weighted by molar-refractivity contribution is 6.21. The van der Waals surface area contributed by atoms with Gasteiger partial charge in [-0.3, -0.25) is 19.2 Å². The predicted molar refractivity (Wildman–Crippen MR) is 72.5 cm³/mol. The molecule has 0 aliphatic heterocycles. The number of hydrogen-bond donors (Lipinski definition) is 0. The van der Waals surface area contributed by atoms with Crippen LogP contribution in [0.15, 0.2) is 60.7 Å². The topological polar surface area (TPSA) is 68.3 Å². The van der Waals surface area contributed by atoms with E-state index in [0.29, 0.717) is 11.1 Å². The molecular formula is C16H10O4. The van der Waals surface area contributed by atoms with Crippen LogP contribution < -0.4 is 0 Å². The van der Waals surface area contributed by atoms with Gasteiger partial charge in [0.25, 0.3) is 0 Å². The molecule has 0 saturated heterocycles. The lowest BCUT2D eigenvalue weighted by molar-refractivity contribution is -0.113. The van der Waals surface area contributed by atoms with Crippen molar-refractivity contribution in [2.24, 2.45) is 0 Å². The molecule has 0 amide bonds. The third-order valence-electron chi connectivity index (χ3n) is 2.67. The summed E-state index contributed by atoms with van der Waals surface area (Å²) in [6, 6.07) is 6.84. The maximum atomic E-state index is 11.2. The highest BCUT2D eigenvalue weighted by Gasteiger charge is 2.16. The molecule has 0 bridgehead atoms. The van der Waals surface area contributed by atoms with Gasteiger partial charge in [0.1, 0.15) is 0 Å². The lowest BCUT2D eigenvalue weighted by Gasteiger charge is -2.06. The van der Waals surface area contributed by atoms with Crippen molar-refractivity contribution in [1.29, 1.82) is 0 Å². The number of rotatable bonds is 0. The molecule has 3 rings (SSSR count). The summed E-state index contributed by atoms with van der Waals surface area (Å²) in [5.74, 6) is -0.426. The van der Waals surface area contributed by atoms with Crippen LogP contribution in [-0.2, 0) is 9.59 Å². The summed E-state index contributed by atoms with van der Waals surface area (Å²) >= 11 is 0. The first-order valence-electron chi connectivity index (χ1n) is 5.88. The van der Waals surface area contributed by atoms with Gasteiger partial charge in [-0.25, -0.2) is 0 Å². The van der Waals surface area contributed by atoms with Gasteiger partial charge < -0.3 is 0 Å². The molecule has 1 aromatic rings. The van der Waals surface area contributed by atoms with E-state index in [9.17, 15) is 19.2 Å². The van der Waals surface area contributed by atoms with E-state index < -0.39 is 0 Å². The first-order valence-corrected chi connectivity index (χ1v) is 5.88. The van der Waals surface area contributed by atoms with Crippen LogP contribution in [0, 0.1) is 0 Å². The Balaban J connectivity index is 0.000000160. The summed E-state index contributed by atoms with van der Waals surface area (Å²) in [5.41, 5.74) is 1.01. The summed E-state index contributed by atoms with van der Waals surface area (Å²) < 4.78 is 0. The van der Waals surface area contributed by atoms with Gasteiger partial charge in [-0.1, -0.05) is 24.3 Å². The number of ketones is 4. The molecule has 20 heavy (non-hydrogen) atoms. The predicted octanol–water partition coefficient (Wildman–Crippen LogP) is 1.87. The maximum Gasteiger partial charge on any atom is 0.186 e. The van der Waals surface area contributed by atoms with Crippen molar-refractivity contribution in [2.75, 3.05) is 0 Å². The number of fused-ring (bicyclic) bond motifs is 1. The molecular weight excluding hydrogens is 256 g/mol. The molecule has 0 unspecified atom stereocenters. The molecule has 0 spiro atoms. The van der Waals surface area contributed by atoms with E-state index in [1.54, 1.807) is 24.3 Å². The van der Waals surface area contributed by atoms with E-state index >= 15 is 0 Å². The van der Waals surface area contributed by atoms with Gasteiger partial charge in [-0.05, 0) is 36.5 Å². The van der Waals surface area contributed by atoms with Crippen LogP contribution in [0.1, 0.15) is 20.7 Å². The van der Waals surface area contributed by atoms with E-state index in [2.05, 4.69) is 0 Å². The number of carbonyl (C=O) groups is 4. The molecule has 0 radical (unpaired) electrons. The lowest BCUT2D eigenvalue weighted by Crippen LogP contribution is -2.10. The van der Waals surface area contributed by atoms with E-state index in [4.69, 9.17) is 0 Å². The van der Waals surface area contributed by atoms with Crippen molar-refractivity contribution >= 4 is 23.1 Å². The van der Waals surface area contributed by atoms with Gasteiger partial charge in [-0.2, -0.15) is 0 Å². The van der Waals surface area contributed by atoms with E-state index in [1.807, 2.05) is 0 Å². The molecule has 0 fully saturated rings. The van der Waals surface area contributed by atoms with Crippen molar-refractivity contribution < 1.29 is 19.2 Å². The summed E-state index contributed by atoms with van der Waals surface area (Å²) in [4.78, 5) is 42.9. The zero-order valence-electron chi connectivity index (χ0n) is 10.4. The highest BCUT2D eigenvalue weighted by atomic mass is 16.1. The third kappa shape index (κ3) is 3.11. The summed E-state index contributed by atoms with van der Waals surface area (Å²) in [7, 11) is 0. The van der Waals surface area contributed by atoms with Crippen LogP contribution in [-0.4, -0.2) is 23.1 Å².